The number of aliphatic hydroxyl groups is 1. The second kappa shape index (κ2) is 6.42. The van der Waals surface area contributed by atoms with Crippen LogP contribution in [-0.2, 0) is 9.47 Å². The van der Waals surface area contributed by atoms with Crippen molar-refractivity contribution in [2.24, 2.45) is 5.92 Å². The number of anilines is 1. The quantitative estimate of drug-likeness (QED) is 0.805. The average Bonchev–Trinajstić information content (AvgIpc) is 3.14. The molecule has 1 aromatic carbocycles. The summed E-state index contributed by atoms with van der Waals surface area (Å²) in [5, 5.41) is 12.5. The third kappa shape index (κ3) is 2.68. The van der Waals surface area contributed by atoms with E-state index in [-0.39, 0.29) is 30.8 Å². The lowest BCUT2D eigenvalue weighted by atomic mass is 9.91. The lowest BCUT2D eigenvalue weighted by Crippen LogP contribution is -2.50. The zero-order chi connectivity index (χ0) is 18.3. The molecule has 2 aromatic rings. The first-order valence-electron chi connectivity index (χ1n) is 8.68. The van der Waals surface area contributed by atoms with E-state index in [1.54, 1.807) is 18.5 Å². The molecular weight excluding hydrogens is 334 g/mol. The monoisotopic (exact) mass is 356 g/mol. The SMILES string of the molecule is Cc1c[n+]([C@@H]2O[C@@]3(CO)COC2[C@H]3C)cnc1NC(=O)c1ccccc1. The zero-order valence-corrected chi connectivity index (χ0v) is 14.8. The van der Waals surface area contributed by atoms with E-state index in [1.165, 1.54) is 0 Å². The molecule has 7 nitrogen and oxygen atoms in total. The Hall–Kier alpha value is -2.35. The van der Waals surface area contributed by atoms with Gasteiger partial charge >= 0.3 is 0 Å². The van der Waals surface area contributed by atoms with Gasteiger partial charge in [-0.3, -0.25) is 10.1 Å². The fraction of sp³-hybridized carbons (Fsp3) is 0.421. The minimum Gasteiger partial charge on any atom is -0.393 e. The van der Waals surface area contributed by atoms with E-state index >= 15 is 0 Å². The van der Waals surface area contributed by atoms with Crippen molar-refractivity contribution in [2.75, 3.05) is 18.5 Å². The number of amides is 1. The van der Waals surface area contributed by atoms with E-state index < -0.39 is 5.60 Å². The average molecular weight is 356 g/mol. The van der Waals surface area contributed by atoms with Crippen molar-refractivity contribution in [3.8, 4) is 0 Å². The lowest BCUT2D eigenvalue weighted by molar-refractivity contribution is -0.774. The van der Waals surface area contributed by atoms with Crippen molar-refractivity contribution in [1.82, 2.24) is 4.98 Å². The molecule has 1 unspecified atom stereocenters. The number of nitrogens with zero attached hydrogens (tertiary/aromatic N) is 2. The first-order valence-corrected chi connectivity index (χ1v) is 8.68. The summed E-state index contributed by atoms with van der Waals surface area (Å²) in [6.07, 6.45) is 3.04. The number of ether oxygens (including phenoxy) is 2. The molecule has 1 amide bonds. The number of nitrogens with one attached hydrogen (secondary N) is 1. The Morgan fingerprint density at radius 1 is 1.42 bits per heavy atom. The van der Waals surface area contributed by atoms with Gasteiger partial charge in [-0.15, -0.1) is 0 Å². The Labute approximate surface area is 151 Å². The first kappa shape index (κ1) is 17.1. The van der Waals surface area contributed by atoms with Crippen LogP contribution in [-0.4, -0.2) is 40.9 Å². The third-order valence-electron chi connectivity index (χ3n) is 5.35. The molecule has 2 fully saturated rings. The number of aromatic nitrogens is 2. The molecule has 2 aliphatic rings. The predicted octanol–water partition coefficient (Wildman–Crippen LogP) is 1.22. The van der Waals surface area contributed by atoms with Gasteiger partial charge in [-0.25, -0.2) is 4.57 Å². The molecule has 0 spiro atoms. The van der Waals surface area contributed by atoms with Crippen LogP contribution in [0.25, 0.3) is 0 Å². The van der Waals surface area contributed by atoms with E-state index in [0.717, 1.165) is 5.56 Å². The summed E-state index contributed by atoms with van der Waals surface area (Å²) >= 11 is 0. The van der Waals surface area contributed by atoms with Crippen molar-refractivity contribution in [1.29, 1.82) is 0 Å². The highest BCUT2D eigenvalue weighted by Gasteiger charge is 2.61. The molecule has 26 heavy (non-hydrogen) atoms. The Kier molecular flexibility index (Phi) is 4.22. The van der Waals surface area contributed by atoms with E-state index in [1.807, 2.05) is 42.8 Å². The maximum atomic E-state index is 12.3. The minimum atomic E-state index is -0.642. The molecule has 2 aliphatic heterocycles. The molecule has 0 aliphatic carbocycles. The zero-order valence-electron chi connectivity index (χ0n) is 14.8. The second-order valence-electron chi connectivity index (χ2n) is 6.97. The number of carbonyl (C=O) groups is 1. The Balaban J connectivity index is 1.53. The van der Waals surface area contributed by atoms with Crippen LogP contribution in [0, 0.1) is 12.8 Å². The van der Waals surface area contributed by atoms with Crippen LogP contribution in [0.4, 0.5) is 5.82 Å². The summed E-state index contributed by atoms with van der Waals surface area (Å²) < 4.78 is 13.8. The summed E-state index contributed by atoms with van der Waals surface area (Å²) in [7, 11) is 0. The van der Waals surface area contributed by atoms with Crippen LogP contribution in [0.5, 0.6) is 0 Å². The predicted molar refractivity (Wildman–Crippen MR) is 92.4 cm³/mol. The van der Waals surface area contributed by atoms with E-state index in [9.17, 15) is 9.90 Å². The highest BCUT2D eigenvalue weighted by molar-refractivity contribution is 6.03. The van der Waals surface area contributed by atoms with Gasteiger partial charge in [0.15, 0.2) is 0 Å². The standard InChI is InChI=1S/C19H21N3O4/c1-12-8-22(18-15-13(2)19(9-23,26-18)10-25-15)11-20-16(12)21-17(24)14-6-4-3-5-7-14/h3-8,11,13,15,18,23H,9-10H2,1-2H3/p+1/t13-,15?,18-,19+/m1/s1. The Bertz CT molecular complexity index is 829. The molecular formula is C19H22N3O4+. The lowest BCUT2D eigenvalue weighted by Gasteiger charge is -2.28. The van der Waals surface area contributed by atoms with E-state index in [4.69, 9.17) is 9.47 Å². The summed E-state index contributed by atoms with van der Waals surface area (Å²) in [6, 6.07) is 9.01. The summed E-state index contributed by atoms with van der Waals surface area (Å²) in [4.78, 5) is 16.7. The number of aliphatic hydroxyl groups excluding tert-OH is 1. The fourth-order valence-corrected chi connectivity index (χ4v) is 3.63. The van der Waals surface area contributed by atoms with E-state index in [0.29, 0.717) is 18.0 Å². The molecule has 3 heterocycles. The molecule has 2 bridgehead atoms. The Morgan fingerprint density at radius 2 is 2.19 bits per heavy atom. The molecule has 7 heteroatoms. The van der Waals surface area contributed by atoms with E-state index in [2.05, 4.69) is 10.3 Å². The molecule has 2 N–H and O–H groups in total. The van der Waals surface area contributed by atoms with Crippen LogP contribution in [0.3, 0.4) is 0 Å². The van der Waals surface area contributed by atoms with Gasteiger partial charge in [0.05, 0.1) is 18.8 Å². The smallest absolute Gasteiger partial charge is 0.291 e. The van der Waals surface area contributed by atoms with Crippen molar-refractivity contribution < 1.29 is 23.9 Å². The largest absolute Gasteiger partial charge is 0.393 e. The number of aryl methyl sites for hydroxylation is 1. The van der Waals surface area contributed by atoms with Crippen molar-refractivity contribution in [3.63, 3.8) is 0 Å². The number of rotatable bonds is 4. The van der Waals surface area contributed by atoms with Gasteiger partial charge in [0, 0.05) is 11.5 Å². The number of benzene rings is 1. The number of hydrogen-bond donors (Lipinski definition) is 2. The number of hydrogen-bond acceptors (Lipinski definition) is 5. The maximum absolute atomic E-state index is 12.3. The van der Waals surface area contributed by atoms with Crippen LogP contribution in [0.1, 0.15) is 29.1 Å². The van der Waals surface area contributed by atoms with Gasteiger partial charge < -0.3 is 14.6 Å². The normalized spacial score (nSPS) is 29.7. The van der Waals surface area contributed by atoms with Gasteiger partial charge in [-0.2, -0.15) is 0 Å². The summed E-state index contributed by atoms with van der Waals surface area (Å²) in [5.74, 6) is 0.401. The number of fused-ring (bicyclic) bond motifs is 2. The highest BCUT2D eigenvalue weighted by atomic mass is 16.6. The van der Waals surface area contributed by atoms with Gasteiger partial charge in [-0.1, -0.05) is 25.1 Å². The molecule has 4 rings (SSSR count). The van der Waals surface area contributed by atoms with Crippen LogP contribution < -0.4 is 9.88 Å². The third-order valence-corrected chi connectivity index (χ3v) is 5.35. The molecule has 1 aromatic heterocycles. The fourth-order valence-electron chi connectivity index (χ4n) is 3.63. The minimum absolute atomic E-state index is 0.0701. The topological polar surface area (TPSA) is 84.6 Å². The van der Waals surface area contributed by atoms with Crippen molar-refractivity contribution in [2.45, 2.75) is 31.8 Å². The molecule has 4 atom stereocenters. The van der Waals surface area contributed by atoms with Crippen LogP contribution in [0.15, 0.2) is 42.9 Å². The molecule has 0 saturated carbocycles. The molecule has 136 valence electrons. The van der Waals surface area contributed by atoms with Gasteiger partial charge in [0.1, 0.15) is 17.9 Å². The summed E-state index contributed by atoms with van der Waals surface area (Å²) in [5.41, 5.74) is 0.749. The number of carbonyl (C=O) groups excluding carboxylic acids is 1. The molecule has 0 radical (unpaired) electrons. The van der Waals surface area contributed by atoms with Crippen LogP contribution >= 0.6 is 0 Å². The van der Waals surface area contributed by atoms with Crippen molar-refractivity contribution >= 4 is 11.7 Å². The van der Waals surface area contributed by atoms with Crippen molar-refractivity contribution in [3.05, 3.63) is 54.0 Å². The molecule has 2 saturated heterocycles. The van der Waals surface area contributed by atoms with Gasteiger partial charge in [0.2, 0.25) is 6.23 Å². The highest BCUT2D eigenvalue weighted by Crippen LogP contribution is 2.46. The van der Waals surface area contributed by atoms with Gasteiger partial charge in [0.25, 0.3) is 18.1 Å². The first-order chi connectivity index (χ1) is 12.5. The van der Waals surface area contributed by atoms with Crippen LogP contribution in [0.2, 0.25) is 0 Å². The van der Waals surface area contributed by atoms with Gasteiger partial charge in [-0.05, 0) is 24.0 Å². The maximum Gasteiger partial charge on any atom is 0.291 e. The Morgan fingerprint density at radius 3 is 2.85 bits per heavy atom. The second-order valence-corrected chi connectivity index (χ2v) is 6.97. The summed E-state index contributed by atoms with van der Waals surface area (Å²) in [6.45, 7) is 4.25.